The molecule has 0 aromatic rings. The number of aliphatic hydroxyl groups is 2. The summed E-state index contributed by atoms with van der Waals surface area (Å²) in [4.78, 5) is 13.4. The summed E-state index contributed by atoms with van der Waals surface area (Å²) in [7, 11) is 0. The molecule has 166 valence electrons. The van der Waals surface area contributed by atoms with Crippen LogP contribution in [0.1, 0.15) is 98.8 Å². The number of fused-ring (bicyclic) bond motifs is 5. The maximum absolute atomic E-state index is 13.4. The van der Waals surface area contributed by atoms with Gasteiger partial charge < -0.3 is 10.2 Å². The maximum Gasteiger partial charge on any atom is 0.136 e. The predicted molar refractivity (Wildman–Crippen MR) is 116 cm³/mol. The van der Waals surface area contributed by atoms with Crippen LogP contribution in [-0.4, -0.2) is 27.7 Å². The van der Waals surface area contributed by atoms with Gasteiger partial charge in [-0.1, -0.05) is 20.8 Å². The van der Waals surface area contributed by atoms with Crippen molar-refractivity contribution in [1.29, 1.82) is 0 Å². The Kier molecular flexibility index (Phi) is 5.51. The van der Waals surface area contributed by atoms with Crippen molar-refractivity contribution in [2.75, 3.05) is 0 Å². The molecular formula is C26H44O3. The lowest BCUT2D eigenvalue weighted by atomic mass is 9.44. The standard InChI is InChI=1S/C26H44O3/c1-16(8-11-24(2,3)29)19-6-7-20-23-21(10-13-26(19,20)5)25(4)12-9-18(27)14-17(25)15-22(23)28/h16-21,23,27,29H,6-15H2,1-5H3/t16-,17?,18+,19-,20?,21?,23+,25+,26-/m1/s1. The van der Waals surface area contributed by atoms with Gasteiger partial charge in [0, 0.05) is 12.3 Å². The Bertz CT molecular complexity index is 636. The first-order valence-electron chi connectivity index (χ1n) is 12.4. The Hall–Kier alpha value is -0.410. The van der Waals surface area contributed by atoms with Gasteiger partial charge in [-0.15, -0.1) is 0 Å². The molecule has 4 rings (SSSR count). The summed E-state index contributed by atoms with van der Waals surface area (Å²) in [6, 6.07) is 0. The van der Waals surface area contributed by atoms with Crippen LogP contribution >= 0.6 is 0 Å². The van der Waals surface area contributed by atoms with Crippen molar-refractivity contribution < 1.29 is 15.0 Å². The van der Waals surface area contributed by atoms with E-state index in [1.807, 2.05) is 13.8 Å². The van der Waals surface area contributed by atoms with Crippen LogP contribution in [0.25, 0.3) is 0 Å². The van der Waals surface area contributed by atoms with E-state index in [2.05, 4.69) is 20.8 Å². The van der Waals surface area contributed by atoms with E-state index >= 15 is 0 Å². The molecule has 2 N–H and O–H groups in total. The summed E-state index contributed by atoms with van der Waals surface area (Å²) in [5.41, 5.74) is -0.0453. The van der Waals surface area contributed by atoms with Crippen molar-refractivity contribution in [2.24, 2.45) is 46.3 Å². The van der Waals surface area contributed by atoms with Crippen LogP contribution in [0.2, 0.25) is 0 Å². The average Bonchev–Trinajstić information content (AvgIpc) is 2.98. The van der Waals surface area contributed by atoms with E-state index in [1.54, 1.807) is 0 Å². The van der Waals surface area contributed by atoms with Crippen molar-refractivity contribution >= 4 is 5.78 Å². The van der Waals surface area contributed by atoms with E-state index in [-0.39, 0.29) is 22.9 Å². The molecule has 3 heteroatoms. The number of aliphatic hydroxyl groups excluding tert-OH is 1. The van der Waals surface area contributed by atoms with Crippen molar-refractivity contribution in [3.63, 3.8) is 0 Å². The van der Waals surface area contributed by atoms with E-state index in [1.165, 1.54) is 25.7 Å². The van der Waals surface area contributed by atoms with Gasteiger partial charge in [0.25, 0.3) is 0 Å². The van der Waals surface area contributed by atoms with Crippen LogP contribution in [0, 0.1) is 46.3 Å². The Morgan fingerprint density at radius 1 is 1.07 bits per heavy atom. The molecule has 4 aliphatic carbocycles. The summed E-state index contributed by atoms with van der Waals surface area (Å²) >= 11 is 0. The lowest BCUT2D eigenvalue weighted by molar-refractivity contribution is -0.160. The minimum atomic E-state index is -0.584. The normalized spacial score (nSPS) is 48.6. The lowest BCUT2D eigenvalue weighted by Gasteiger charge is -2.60. The van der Waals surface area contributed by atoms with E-state index < -0.39 is 5.60 Å². The third-order valence-electron chi connectivity index (χ3n) is 10.4. The zero-order chi connectivity index (χ0) is 21.2. The second kappa shape index (κ2) is 7.33. The first-order chi connectivity index (χ1) is 13.5. The summed E-state index contributed by atoms with van der Waals surface area (Å²) < 4.78 is 0. The highest BCUT2D eigenvalue weighted by molar-refractivity contribution is 5.83. The molecule has 29 heavy (non-hydrogen) atoms. The summed E-state index contributed by atoms with van der Waals surface area (Å²) in [6.07, 6.45) is 10.2. The van der Waals surface area contributed by atoms with Gasteiger partial charge in [0.2, 0.25) is 0 Å². The summed E-state index contributed by atoms with van der Waals surface area (Å²) in [6.45, 7) is 11.2. The number of hydrogen-bond donors (Lipinski definition) is 2. The fraction of sp³-hybridized carbons (Fsp3) is 0.962. The first-order valence-corrected chi connectivity index (χ1v) is 12.4. The zero-order valence-corrected chi connectivity index (χ0v) is 19.4. The number of Topliss-reactive ketones (excluding diaryl/α,β-unsaturated/α-hetero) is 1. The lowest BCUT2D eigenvalue weighted by Crippen LogP contribution is -2.57. The Morgan fingerprint density at radius 2 is 1.72 bits per heavy atom. The fourth-order valence-electron chi connectivity index (χ4n) is 8.67. The van der Waals surface area contributed by atoms with Crippen LogP contribution in [0.15, 0.2) is 0 Å². The Balaban J connectivity index is 1.54. The number of ketones is 1. The Labute approximate surface area is 178 Å². The molecule has 0 radical (unpaired) electrons. The molecule has 0 spiro atoms. The summed E-state index contributed by atoms with van der Waals surface area (Å²) in [5, 5.41) is 20.4. The fourth-order valence-corrected chi connectivity index (χ4v) is 8.67. The van der Waals surface area contributed by atoms with E-state index in [0.29, 0.717) is 41.8 Å². The largest absolute Gasteiger partial charge is 0.393 e. The van der Waals surface area contributed by atoms with Gasteiger partial charge >= 0.3 is 0 Å². The van der Waals surface area contributed by atoms with Gasteiger partial charge in [0.1, 0.15) is 5.78 Å². The van der Waals surface area contributed by atoms with Crippen molar-refractivity contribution in [1.82, 2.24) is 0 Å². The smallest absolute Gasteiger partial charge is 0.136 e. The van der Waals surface area contributed by atoms with E-state index in [4.69, 9.17) is 0 Å². The molecular weight excluding hydrogens is 360 g/mol. The first kappa shape index (κ1) is 21.8. The highest BCUT2D eigenvalue weighted by Crippen LogP contribution is 2.67. The number of carbonyl (C=O) groups excluding carboxylic acids is 1. The van der Waals surface area contributed by atoms with Crippen molar-refractivity contribution in [3.05, 3.63) is 0 Å². The molecule has 0 saturated heterocycles. The molecule has 0 aliphatic heterocycles. The second-order valence-electron chi connectivity index (χ2n) is 12.6. The van der Waals surface area contributed by atoms with Gasteiger partial charge in [-0.05, 0) is 112 Å². The minimum absolute atomic E-state index is 0.196. The van der Waals surface area contributed by atoms with E-state index in [0.717, 1.165) is 32.1 Å². The molecule has 9 atom stereocenters. The molecule has 0 bridgehead atoms. The maximum atomic E-state index is 13.4. The highest BCUT2D eigenvalue weighted by atomic mass is 16.3. The SMILES string of the molecule is C[C@H](CCC(C)(C)O)[C@H]1CCC2[C@@H]3C(=O)CC4C[C@@H](O)CC[C@]4(C)C3CC[C@@]21C. The predicted octanol–water partition coefficient (Wildman–Crippen LogP) is 5.37. The van der Waals surface area contributed by atoms with Crippen molar-refractivity contribution in [3.8, 4) is 0 Å². The van der Waals surface area contributed by atoms with Crippen LogP contribution < -0.4 is 0 Å². The second-order valence-corrected chi connectivity index (χ2v) is 12.6. The molecule has 0 aromatic carbocycles. The molecule has 0 heterocycles. The number of hydrogen-bond acceptors (Lipinski definition) is 3. The quantitative estimate of drug-likeness (QED) is 0.662. The molecule has 0 amide bonds. The van der Waals surface area contributed by atoms with Gasteiger partial charge in [0.15, 0.2) is 0 Å². The monoisotopic (exact) mass is 404 g/mol. The third kappa shape index (κ3) is 3.63. The summed E-state index contributed by atoms with van der Waals surface area (Å²) in [5.74, 6) is 3.55. The molecule has 0 aromatic heterocycles. The zero-order valence-electron chi connectivity index (χ0n) is 19.4. The average molecular weight is 405 g/mol. The Morgan fingerprint density at radius 3 is 2.41 bits per heavy atom. The number of carbonyl (C=O) groups is 1. The van der Waals surface area contributed by atoms with E-state index in [9.17, 15) is 15.0 Å². The molecule has 3 nitrogen and oxygen atoms in total. The minimum Gasteiger partial charge on any atom is -0.393 e. The molecule has 3 unspecified atom stereocenters. The van der Waals surface area contributed by atoms with Gasteiger partial charge in [-0.25, -0.2) is 0 Å². The van der Waals surface area contributed by atoms with Crippen LogP contribution in [0.4, 0.5) is 0 Å². The molecule has 4 saturated carbocycles. The van der Waals surface area contributed by atoms with Crippen molar-refractivity contribution in [2.45, 2.75) is 111 Å². The van der Waals surface area contributed by atoms with Gasteiger partial charge in [0.05, 0.1) is 11.7 Å². The third-order valence-corrected chi connectivity index (χ3v) is 10.4. The van der Waals surface area contributed by atoms with Gasteiger partial charge in [-0.3, -0.25) is 4.79 Å². The van der Waals surface area contributed by atoms with Crippen LogP contribution in [-0.2, 0) is 4.79 Å². The van der Waals surface area contributed by atoms with Crippen LogP contribution in [0.3, 0.4) is 0 Å². The topological polar surface area (TPSA) is 57.5 Å². The molecule has 4 aliphatic rings. The number of rotatable bonds is 4. The van der Waals surface area contributed by atoms with Crippen LogP contribution in [0.5, 0.6) is 0 Å². The highest BCUT2D eigenvalue weighted by Gasteiger charge is 2.63. The molecule has 4 fully saturated rings. The van der Waals surface area contributed by atoms with Gasteiger partial charge in [-0.2, -0.15) is 0 Å².